The molecule has 3 fully saturated rings. The molecule has 0 unspecified atom stereocenters. The quantitative estimate of drug-likeness (QED) is 0.266. The monoisotopic (exact) mass is 642 g/mol. The number of ether oxygens (including phenoxy) is 1. The Morgan fingerprint density at radius 1 is 0.957 bits per heavy atom. The molecule has 7 atom stereocenters. The van der Waals surface area contributed by atoms with Crippen molar-refractivity contribution in [3.8, 4) is 0 Å². The Balaban J connectivity index is 1.68. The zero-order valence-corrected chi connectivity index (χ0v) is 26.9. The summed E-state index contributed by atoms with van der Waals surface area (Å²) in [7, 11) is 1.46. The molecular weight excluding hydrogens is 596 g/mol. The van der Waals surface area contributed by atoms with Crippen molar-refractivity contribution < 1.29 is 38.6 Å². The van der Waals surface area contributed by atoms with Crippen LogP contribution in [0.1, 0.15) is 52.0 Å². The fourth-order valence-corrected chi connectivity index (χ4v) is 6.02. The summed E-state index contributed by atoms with van der Waals surface area (Å²) in [6.07, 6.45) is -1.10. The number of nitrogens with one attached hydrogen (secondary N) is 4. The Hall–Kier alpha value is -4.04. The second-order valence-electron chi connectivity index (χ2n) is 12.8. The molecule has 0 aromatic heterocycles. The number of rotatable bonds is 5. The maximum Gasteiger partial charge on any atom is 0.245 e. The number of likely N-dealkylation sites (N-methyl/N-ethyl adjacent to an activating group) is 1. The van der Waals surface area contributed by atoms with Crippen molar-refractivity contribution in [3.63, 3.8) is 0 Å². The number of carbonyl (C=O) groups is 6. The highest BCUT2D eigenvalue weighted by Crippen LogP contribution is 2.19. The van der Waals surface area contributed by atoms with E-state index in [0.717, 1.165) is 5.56 Å². The maximum absolute atomic E-state index is 13.7. The molecule has 0 spiro atoms. The highest BCUT2D eigenvalue weighted by molar-refractivity contribution is 5.96. The molecule has 3 aliphatic rings. The normalized spacial score (nSPS) is 30.3. The van der Waals surface area contributed by atoms with Crippen LogP contribution in [0.5, 0.6) is 0 Å². The first kappa shape index (κ1) is 34.8. The molecular formula is C32H46N6O8. The highest BCUT2D eigenvalue weighted by Gasteiger charge is 2.40. The smallest absolute Gasteiger partial charge is 0.245 e. The fraction of sp³-hybridized carbons (Fsp3) is 0.625. The molecule has 46 heavy (non-hydrogen) atoms. The predicted octanol–water partition coefficient (Wildman–Crippen LogP) is -1.15. The fourth-order valence-electron chi connectivity index (χ4n) is 6.02. The minimum Gasteiger partial charge on any atom is -0.388 e. The molecule has 4 rings (SSSR count). The number of carbonyl (C=O) groups excluding carboxylic acids is 6. The maximum atomic E-state index is 13.7. The van der Waals surface area contributed by atoms with Crippen LogP contribution in [0.15, 0.2) is 30.3 Å². The molecule has 6 amide bonds. The number of hydrogen-bond donors (Lipinski definition) is 5. The topological polar surface area (TPSA) is 186 Å². The number of amides is 6. The molecule has 0 aliphatic carbocycles. The summed E-state index contributed by atoms with van der Waals surface area (Å²) in [4.78, 5) is 82.2. The lowest BCUT2D eigenvalue weighted by molar-refractivity contribution is -0.147. The molecule has 3 heterocycles. The molecule has 2 bridgehead atoms. The van der Waals surface area contributed by atoms with Gasteiger partial charge in [-0.1, -0.05) is 44.2 Å². The first-order valence-electron chi connectivity index (χ1n) is 15.9. The van der Waals surface area contributed by atoms with Gasteiger partial charge in [-0.3, -0.25) is 28.8 Å². The van der Waals surface area contributed by atoms with Gasteiger partial charge in [-0.25, -0.2) is 0 Å². The van der Waals surface area contributed by atoms with Crippen LogP contribution in [-0.4, -0.2) is 120 Å². The Labute approximate surface area is 268 Å². The van der Waals surface area contributed by atoms with Crippen molar-refractivity contribution in [2.45, 2.75) is 95.3 Å². The van der Waals surface area contributed by atoms with E-state index in [0.29, 0.717) is 0 Å². The lowest BCUT2D eigenvalue weighted by atomic mass is 9.97. The third kappa shape index (κ3) is 8.81. The van der Waals surface area contributed by atoms with Gasteiger partial charge < -0.3 is 40.9 Å². The Morgan fingerprint density at radius 3 is 2.33 bits per heavy atom. The van der Waals surface area contributed by atoms with Crippen LogP contribution in [-0.2, 0) is 39.9 Å². The lowest BCUT2D eigenvalue weighted by Gasteiger charge is -2.38. The van der Waals surface area contributed by atoms with E-state index in [1.165, 1.54) is 23.8 Å². The summed E-state index contributed by atoms with van der Waals surface area (Å²) < 4.78 is 5.83. The van der Waals surface area contributed by atoms with Crippen molar-refractivity contribution in [2.24, 2.45) is 5.92 Å². The van der Waals surface area contributed by atoms with Gasteiger partial charge in [0.1, 0.15) is 36.4 Å². The molecule has 252 valence electrons. The van der Waals surface area contributed by atoms with Crippen LogP contribution >= 0.6 is 0 Å². The third-order valence-corrected chi connectivity index (χ3v) is 8.79. The molecule has 3 aliphatic heterocycles. The standard InChI is InChI=1S/C32H46N6O8/c1-18(2)14-24-31(44)37(4)19(3)29(42)36-23(15-20-8-6-5-7-9-20)30(43)35-21-12-13-46-25(28(21)41)16-38(17-27(40)34-24)32(45)22-10-11-26(39)33-22/h5-9,18-19,21-25,28,41H,10-17H2,1-4H3,(H,33,39)(H,34,40)(H,35,43)(H,36,42)/t19-,21-,22-,23-,24+,25+,28-/m0/s1. The van der Waals surface area contributed by atoms with E-state index in [2.05, 4.69) is 21.3 Å². The van der Waals surface area contributed by atoms with Gasteiger partial charge in [0, 0.05) is 26.5 Å². The van der Waals surface area contributed by atoms with E-state index in [-0.39, 0.29) is 57.1 Å². The van der Waals surface area contributed by atoms with E-state index < -0.39 is 78.5 Å². The highest BCUT2D eigenvalue weighted by atomic mass is 16.5. The van der Waals surface area contributed by atoms with Crippen LogP contribution < -0.4 is 21.3 Å². The van der Waals surface area contributed by atoms with Crippen molar-refractivity contribution in [3.05, 3.63) is 35.9 Å². The minimum atomic E-state index is -1.25. The summed E-state index contributed by atoms with van der Waals surface area (Å²) in [5.74, 6) is -3.02. The van der Waals surface area contributed by atoms with Gasteiger partial charge in [-0.2, -0.15) is 0 Å². The average molecular weight is 643 g/mol. The SMILES string of the molecule is CC(C)C[C@H]1NC(=O)CN(C(=O)[C@@H]2CCC(=O)N2)C[C@H]2OCC[C@H](NC(=O)[C@H](Cc3ccccc3)NC(=O)[C@H](C)N(C)C1=O)[C@@H]2O. The van der Waals surface area contributed by atoms with E-state index >= 15 is 0 Å². The van der Waals surface area contributed by atoms with Crippen LogP contribution in [0.4, 0.5) is 0 Å². The second-order valence-corrected chi connectivity index (χ2v) is 12.8. The van der Waals surface area contributed by atoms with Crippen LogP contribution in [0.3, 0.4) is 0 Å². The summed E-state index contributed by atoms with van der Waals surface area (Å²) in [6, 6.07) is 4.50. The Morgan fingerprint density at radius 2 is 1.67 bits per heavy atom. The van der Waals surface area contributed by atoms with Crippen LogP contribution in [0, 0.1) is 5.92 Å². The molecule has 14 nitrogen and oxygen atoms in total. The summed E-state index contributed by atoms with van der Waals surface area (Å²) in [5.41, 5.74) is 0.796. The van der Waals surface area contributed by atoms with Gasteiger partial charge in [0.2, 0.25) is 35.4 Å². The van der Waals surface area contributed by atoms with Gasteiger partial charge >= 0.3 is 0 Å². The minimum absolute atomic E-state index is 0.00556. The molecule has 1 aromatic rings. The summed E-state index contributed by atoms with van der Waals surface area (Å²) in [6.45, 7) is 4.81. The third-order valence-electron chi connectivity index (χ3n) is 8.79. The van der Waals surface area contributed by atoms with Gasteiger partial charge in [0.25, 0.3) is 0 Å². The van der Waals surface area contributed by atoms with Crippen molar-refractivity contribution in [1.29, 1.82) is 0 Å². The van der Waals surface area contributed by atoms with Gasteiger partial charge in [-0.15, -0.1) is 0 Å². The van der Waals surface area contributed by atoms with Gasteiger partial charge in [-0.05, 0) is 37.7 Å². The molecule has 14 heteroatoms. The molecule has 0 saturated carbocycles. The molecule has 1 aromatic carbocycles. The second kappa shape index (κ2) is 15.5. The molecule has 3 saturated heterocycles. The van der Waals surface area contributed by atoms with E-state index in [1.807, 2.05) is 44.2 Å². The number of aliphatic hydroxyl groups is 1. The average Bonchev–Trinajstić information content (AvgIpc) is 3.46. The number of aliphatic hydroxyl groups excluding tert-OH is 1. The van der Waals surface area contributed by atoms with E-state index in [1.54, 1.807) is 0 Å². The predicted molar refractivity (Wildman–Crippen MR) is 166 cm³/mol. The van der Waals surface area contributed by atoms with Crippen molar-refractivity contribution in [1.82, 2.24) is 31.1 Å². The van der Waals surface area contributed by atoms with Crippen LogP contribution in [0.25, 0.3) is 0 Å². The van der Waals surface area contributed by atoms with Gasteiger partial charge in [0.05, 0.1) is 19.1 Å². The lowest BCUT2D eigenvalue weighted by Crippen LogP contribution is -2.61. The zero-order chi connectivity index (χ0) is 33.5. The molecule has 0 radical (unpaired) electrons. The zero-order valence-electron chi connectivity index (χ0n) is 26.9. The molecule has 5 N–H and O–H groups in total. The Kier molecular flexibility index (Phi) is 11.7. The first-order valence-corrected chi connectivity index (χ1v) is 15.9. The van der Waals surface area contributed by atoms with Gasteiger partial charge in [0.15, 0.2) is 0 Å². The van der Waals surface area contributed by atoms with Crippen LogP contribution in [0.2, 0.25) is 0 Å². The largest absolute Gasteiger partial charge is 0.388 e. The number of benzene rings is 1. The Bertz CT molecular complexity index is 1290. The number of fused-ring (bicyclic) bond motifs is 2. The van der Waals surface area contributed by atoms with Crippen molar-refractivity contribution >= 4 is 35.4 Å². The number of nitrogens with zero attached hydrogens (tertiary/aromatic N) is 2. The summed E-state index contributed by atoms with van der Waals surface area (Å²) in [5, 5.41) is 22.3. The first-order chi connectivity index (χ1) is 21.8. The van der Waals surface area contributed by atoms with Crippen molar-refractivity contribution in [2.75, 3.05) is 26.7 Å². The van der Waals surface area contributed by atoms with E-state index in [4.69, 9.17) is 4.74 Å². The number of hydrogen-bond acceptors (Lipinski definition) is 8. The summed E-state index contributed by atoms with van der Waals surface area (Å²) >= 11 is 0. The van der Waals surface area contributed by atoms with E-state index in [9.17, 15) is 33.9 Å².